The number of primary amides is 1. The van der Waals surface area contributed by atoms with Crippen LogP contribution in [0.4, 0.5) is 0 Å². The highest BCUT2D eigenvalue weighted by atomic mass is 35.5. The predicted molar refractivity (Wildman–Crippen MR) is 97.0 cm³/mol. The molecule has 0 fully saturated rings. The third-order valence-corrected chi connectivity index (χ3v) is 3.78. The van der Waals surface area contributed by atoms with Crippen LogP contribution in [0.25, 0.3) is 6.08 Å². The molecule has 9 heteroatoms. The summed E-state index contributed by atoms with van der Waals surface area (Å²) in [6.45, 7) is 0. The molecule has 2 aromatic carbocycles. The maximum Gasteiger partial charge on any atom is 0.287 e. The average molecular weight is 409 g/mol. The Hall–Kier alpha value is -1.57. The Labute approximate surface area is 154 Å². The summed E-state index contributed by atoms with van der Waals surface area (Å²) in [4.78, 5) is 10.6. The molecular weight excluding hydrogens is 397 g/mol. The fourth-order valence-corrected chi connectivity index (χ4v) is 2.38. The van der Waals surface area contributed by atoms with Crippen LogP contribution < -0.4 is 5.73 Å². The smallest absolute Gasteiger partial charge is 0.287 e. The molecule has 0 aliphatic carbocycles. The van der Waals surface area contributed by atoms with Crippen molar-refractivity contribution in [2.75, 3.05) is 0 Å². The molecule has 0 bridgehead atoms. The third-order valence-electron chi connectivity index (χ3n) is 2.50. The molecule has 2 aromatic rings. The minimum Gasteiger partial charge on any atom is -0.366 e. The monoisotopic (exact) mass is 407 g/mol. The Morgan fingerprint density at radius 2 is 1.54 bits per heavy atom. The van der Waals surface area contributed by atoms with Crippen LogP contribution in [0.2, 0.25) is 15.1 Å². The molecule has 0 radical (unpaired) electrons. The van der Waals surface area contributed by atoms with Crippen molar-refractivity contribution < 1.29 is 17.8 Å². The first kappa shape index (κ1) is 20.5. The highest BCUT2D eigenvalue weighted by Gasteiger charge is 2.05. The van der Waals surface area contributed by atoms with Gasteiger partial charge in [-0.1, -0.05) is 46.9 Å². The van der Waals surface area contributed by atoms with E-state index in [1.54, 1.807) is 30.3 Å². The number of hydrogen-bond acceptors (Lipinski definition) is 3. The lowest BCUT2D eigenvalue weighted by molar-refractivity contribution is 0.100. The molecule has 0 aliphatic heterocycles. The van der Waals surface area contributed by atoms with Crippen molar-refractivity contribution in [3.05, 3.63) is 74.1 Å². The maximum atomic E-state index is 10.6. The fourth-order valence-electron chi connectivity index (χ4n) is 1.43. The number of rotatable bonds is 3. The number of hydrogen-bond donors (Lipinski definition) is 2. The minimum atomic E-state index is -4.05. The van der Waals surface area contributed by atoms with E-state index in [1.165, 1.54) is 18.2 Å². The van der Waals surface area contributed by atoms with Gasteiger partial charge in [0.1, 0.15) is 0 Å². The second kappa shape index (κ2) is 9.05. The van der Waals surface area contributed by atoms with Crippen molar-refractivity contribution in [1.82, 2.24) is 0 Å². The molecule has 0 saturated carbocycles. The largest absolute Gasteiger partial charge is 0.366 e. The SMILES string of the molecule is NC(=O)c1ccc(Cl)cc1Cl.O=S(=O)(O)/C=C/c1ccc(Cl)cc1. The van der Waals surface area contributed by atoms with Crippen LogP contribution in [-0.4, -0.2) is 18.9 Å². The third kappa shape index (κ3) is 7.81. The molecule has 24 heavy (non-hydrogen) atoms. The van der Waals surface area contributed by atoms with Gasteiger partial charge in [-0.15, -0.1) is 0 Å². The fraction of sp³-hybridized carbons (Fsp3) is 0. The van der Waals surface area contributed by atoms with Gasteiger partial charge in [-0.3, -0.25) is 9.35 Å². The van der Waals surface area contributed by atoms with Crippen LogP contribution in [0.1, 0.15) is 15.9 Å². The summed E-state index contributed by atoms with van der Waals surface area (Å²) in [5.41, 5.74) is 5.94. The van der Waals surface area contributed by atoms with Crippen LogP contribution in [0.15, 0.2) is 47.9 Å². The number of amides is 1. The second-order valence-corrected chi connectivity index (χ2v) is 6.94. The zero-order valence-corrected chi connectivity index (χ0v) is 15.1. The molecular formula is C15H12Cl3NO4S. The minimum absolute atomic E-state index is 0.282. The van der Waals surface area contributed by atoms with Gasteiger partial charge in [-0.25, -0.2) is 0 Å². The molecule has 0 heterocycles. The molecule has 3 N–H and O–H groups in total. The molecule has 0 saturated heterocycles. The van der Waals surface area contributed by atoms with E-state index in [4.69, 9.17) is 45.1 Å². The topological polar surface area (TPSA) is 97.5 Å². The summed E-state index contributed by atoms with van der Waals surface area (Å²) in [5.74, 6) is -0.549. The molecule has 0 aliphatic rings. The quantitative estimate of drug-likeness (QED) is 0.740. The highest BCUT2D eigenvalue weighted by Crippen LogP contribution is 2.20. The van der Waals surface area contributed by atoms with E-state index in [9.17, 15) is 13.2 Å². The van der Waals surface area contributed by atoms with E-state index in [0.717, 1.165) is 5.41 Å². The molecule has 0 aromatic heterocycles. The molecule has 0 unspecified atom stereocenters. The van der Waals surface area contributed by atoms with Crippen molar-refractivity contribution in [1.29, 1.82) is 0 Å². The maximum absolute atomic E-state index is 10.6. The standard InChI is InChI=1S/C8H7ClO3S.C7H5Cl2NO/c9-8-3-1-7(2-4-8)5-6-13(10,11)12;8-4-1-2-5(7(10)11)6(9)3-4/h1-6H,(H,10,11,12);1-3H,(H2,10,11)/b6-5+;. The van der Waals surface area contributed by atoms with E-state index >= 15 is 0 Å². The van der Waals surface area contributed by atoms with Gasteiger partial charge in [0.2, 0.25) is 5.91 Å². The zero-order valence-electron chi connectivity index (χ0n) is 12.0. The van der Waals surface area contributed by atoms with Crippen LogP contribution >= 0.6 is 34.8 Å². The van der Waals surface area contributed by atoms with E-state index in [2.05, 4.69) is 0 Å². The lowest BCUT2D eigenvalue weighted by atomic mass is 10.2. The van der Waals surface area contributed by atoms with Gasteiger partial charge in [-0.2, -0.15) is 8.42 Å². The van der Waals surface area contributed by atoms with Crippen LogP contribution in [0.3, 0.4) is 0 Å². The number of halogens is 3. The van der Waals surface area contributed by atoms with Crippen molar-refractivity contribution in [2.24, 2.45) is 5.73 Å². The normalized spacial score (nSPS) is 11.0. The van der Waals surface area contributed by atoms with Gasteiger partial charge in [0.05, 0.1) is 16.0 Å². The summed E-state index contributed by atoms with van der Waals surface area (Å²) >= 11 is 16.8. The number of carbonyl (C=O) groups is 1. The lowest BCUT2D eigenvalue weighted by Gasteiger charge is -1.97. The Kier molecular flexibility index (Phi) is 7.72. The van der Waals surface area contributed by atoms with Crippen LogP contribution in [0, 0.1) is 0 Å². The van der Waals surface area contributed by atoms with Crippen molar-refractivity contribution in [3.8, 4) is 0 Å². The zero-order chi connectivity index (χ0) is 18.3. The summed E-state index contributed by atoms with van der Waals surface area (Å²) in [5, 5.41) is 2.06. The molecule has 0 atom stereocenters. The number of nitrogens with two attached hydrogens (primary N) is 1. The first-order valence-electron chi connectivity index (χ1n) is 6.24. The van der Waals surface area contributed by atoms with Crippen LogP contribution in [0.5, 0.6) is 0 Å². The number of carbonyl (C=O) groups excluding carboxylic acids is 1. The van der Waals surface area contributed by atoms with Gasteiger partial charge >= 0.3 is 0 Å². The van der Waals surface area contributed by atoms with Crippen molar-refractivity contribution in [2.45, 2.75) is 0 Å². The summed E-state index contributed by atoms with van der Waals surface area (Å²) < 4.78 is 29.0. The van der Waals surface area contributed by atoms with E-state index < -0.39 is 16.0 Å². The molecule has 0 spiro atoms. The van der Waals surface area contributed by atoms with Gasteiger partial charge in [0.25, 0.3) is 10.1 Å². The molecule has 1 amide bonds. The van der Waals surface area contributed by atoms with Gasteiger partial charge in [0, 0.05) is 10.0 Å². The first-order valence-corrected chi connectivity index (χ1v) is 8.88. The van der Waals surface area contributed by atoms with E-state index in [1.807, 2.05) is 0 Å². The Bertz CT molecular complexity index is 850. The van der Waals surface area contributed by atoms with Gasteiger partial charge in [-0.05, 0) is 42.0 Å². The first-order chi connectivity index (χ1) is 11.1. The molecule has 5 nitrogen and oxygen atoms in total. The average Bonchev–Trinajstić information content (AvgIpc) is 2.46. The Morgan fingerprint density at radius 3 is 2.00 bits per heavy atom. The lowest BCUT2D eigenvalue weighted by Crippen LogP contribution is -2.11. The second-order valence-electron chi connectivity index (χ2n) is 4.36. The van der Waals surface area contributed by atoms with Gasteiger partial charge in [0.15, 0.2) is 0 Å². The molecule has 128 valence electrons. The van der Waals surface area contributed by atoms with E-state index in [0.29, 0.717) is 15.6 Å². The predicted octanol–water partition coefficient (Wildman–Crippen LogP) is 4.29. The Balaban J connectivity index is 0.000000243. The summed E-state index contributed by atoms with van der Waals surface area (Å²) in [6, 6.07) is 11.1. The van der Waals surface area contributed by atoms with E-state index in [-0.39, 0.29) is 10.6 Å². The Morgan fingerprint density at radius 1 is 1.00 bits per heavy atom. The highest BCUT2D eigenvalue weighted by molar-refractivity contribution is 7.88. The van der Waals surface area contributed by atoms with Crippen molar-refractivity contribution >= 4 is 56.9 Å². The summed E-state index contributed by atoms with van der Waals surface area (Å²) in [7, 11) is -4.05. The van der Waals surface area contributed by atoms with Crippen molar-refractivity contribution in [3.63, 3.8) is 0 Å². The number of benzene rings is 2. The summed E-state index contributed by atoms with van der Waals surface area (Å²) in [6.07, 6.45) is 1.28. The van der Waals surface area contributed by atoms with Gasteiger partial charge < -0.3 is 5.73 Å². The molecule has 2 rings (SSSR count). The van der Waals surface area contributed by atoms with Crippen LogP contribution in [-0.2, 0) is 10.1 Å².